The smallest absolute Gasteiger partial charge is 0.305 e. The molecule has 144 valence electrons. The van der Waals surface area contributed by atoms with Crippen LogP contribution in [0.25, 0.3) is 10.2 Å². The number of carboxylic acid groups (broad SMARTS) is 1. The summed E-state index contributed by atoms with van der Waals surface area (Å²) in [6.07, 6.45) is -0.614. The van der Waals surface area contributed by atoms with Crippen molar-refractivity contribution in [3.63, 3.8) is 0 Å². The fourth-order valence-electron chi connectivity index (χ4n) is 2.41. The minimum atomic E-state index is -1.32. The molecule has 2 aromatic carbocycles. The lowest BCUT2D eigenvalue weighted by Gasteiger charge is -2.16. The minimum absolute atomic E-state index is 0.134. The second-order valence-electron chi connectivity index (χ2n) is 5.81. The molecule has 1 atom stereocenters. The number of carbonyl (C=O) groups excluding carboxylic acids is 2. The molecule has 5 N–H and O–H groups in total. The normalized spacial score (nSPS) is 11.7. The lowest BCUT2D eigenvalue weighted by Crippen LogP contribution is -2.45. The van der Waals surface area contributed by atoms with Gasteiger partial charge >= 0.3 is 5.97 Å². The van der Waals surface area contributed by atoms with Crippen LogP contribution in [-0.2, 0) is 9.59 Å². The van der Waals surface area contributed by atoms with Crippen LogP contribution in [0.3, 0.4) is 0 Å². The van der Waals surface area contributed by atoms with Gasteiger partial charge in [-0.3, -0.25) is 14.4 Å². The summed E-state index contributed by atoms with van der Waals surface area (Å²) in [4.78, 5) is 40.0. The topological polar surface area (TPSA) is 149 Å². The van der Waals surface area contributed by atoms with E-state index in [0.29, 0.717) is 10.2 Å². The Morgan fingerprint density at radius 2 is 1.75 bits per heavy atom. The van der Waals surface area contributed by atoms with Gasteiger partial charge < -0.3 is 26.0 Å². The zero-order valence-corrected chi connectivity index (χ0v) is 15.1. The maximum atomic E-state index is 12.5. The number of carboxylic acids is 1. The Labute approximate surface area is 162 Å². The maximum absolute atomic E-state index is 12.5. The van der Waals surface area contributed by atoms with Crippen molar-refractivity contribution in [1.82, 2.24) is 10.3 Å². The highest BCUT2D eigenvalue weighted by molar-refractivity contribution is 7.22. The summed E-state index contributed by atoms with van der Waals surface area (Å²) in [6, 6.07) is 9.31. The number of hydrogen-bond donors (Lipinski definition) is 5. The number of nitrogens with zero attached hydrogens (tertiary/aromatic N) is 1. The number of carbonyl (C=O) groups is 3. The first-order valence-corrected chi connectivity index (χ1v) is 8.86. The number of aliphatic carboxylic acids is 1. The highest BCUT2D eigenvalue weighted by atomic mass is 32.1. The summed E-state index contributed by atoms with van der Waals surface area (Å²) in [5, 5.41) is 33.1. The number of rotatable bonds is 6. The van der Waals surface area contributed by atoms with Crippen molar-refractivity contribution in [2.75, 3.05) is 5.32 Å². The molecular formula is C18H15N3O6S. The van der Waals surface area contributed by atoms with Crippen molar-refractivity contribution in [2.45, 2.75) is 12.5 Å². The van der Waals surface area contributed by atoms with Crippen molar-refractivity contribution in [1.29, 1.82) is 0 Å². The number of hydrogen-bond acceptors (Lipinski definition) is 7. The summed E-state index contributed by atoms with van der Waals surface area (Å²) in [5.74, 6) is -3.27. The number of aromatic hydroxyl groups is 2. The molecule has 0 bridgehead atoms. The van der Waals surface area contributed by atoms with Crippen LogP contribution in [0.5, 0.6) is 11.5 Å². The van der Waals surface area contributed by atoms with Gasteiger partial charge in [0.25, 0.3) is 5.91 Å². The summed E-state index contributed by atoms with van der Waals surface area (Å²) in [6.45, 7) is 0. The molecule has 0 radical (unpaired) electrons. The third kappa shape index (κ3) is 4.35. The second-order valence-corrected chi connectivity index (χ2v) is 6.84. The van der Waals surface area contributed by atoms with Crippen LogP contribution < -0.4 is 10.6 Å². The van der Waals surface area contributed by atoms with Gasteiger partial charge in [-0.2, -0.15) is 0 Å². The van der Waals surface area contributed by atoms with E-state index in [-0.39, 0.29) is 22.2 Å². The van der Waals surface area contributed by atoms with E-state index in [1.807, 2.05) is 0 Å². The van der Waals surface area contributed by atoms with Gasteiger partial charge in [-0.15, -0.1) is 0 Å². The molecule has 3 aromatic rings. The van der Waals surface area contributed by atoms with Crippen LogP contribution in [0.1, 0.15) is 16.8 Å². The number of aromatic nitrogens is 1. The molecule has 3 rings (SSSR count). The second kappa shape index (κ2) is 7.92. The average molecular weight is 401 g/mol. The quantitative estimate of drug-likeness (QED) is 0.396. The number of fused-ring (bicyclic) bond motifs is 1. The standard InChI is InChI=1S/C18H15N3O6S/c22-12-6-10-14(8-13(12)23)28-18(20-10)21-17(27)11(7-15(24)25)19-16(26)9-4-2-1-3-5-9/h1-6,8,11,22-23H,7H2,(H,19,26)(H,24,25)(H,20,21,27)/t11-/m0/s1. The van der Waals surface area contributed by atoms with Gasteiger partial charge in [0.15, 0.2) is 16.6 Å². The van der Waals surface area contributed by atoms with E-state index in [1.165, 1.54) is 24.3 Å². The highest BCUT2D eigenvalue weighted by Crippen LogP contribution is 2.34. The number of phenolic OH excluding ortho intramolecular Hbond substituents is 2. The number of thiazole rings is 1. The lowest BCUT2D eigenvalue weighted by molar-refractivity contribution is -0.139. The van der Waals surface area contributed by atoms with E-state index in [4.69, 9.17) is 5.11 Å². The SMILES string of the molecule is O=C(O)C[C@H](NC(=O)c1ccccc1)C(=O)Nc1nc2cc(O)c(O)cc2s1. The molecule has 0 spiro atoms. The van der Waals surface area contributed by atoms with Crippen LogP contribution in [-0.4, -0.2) is 44.1 Å². The van der Waals surface area contributed by atoms with Gasteiger partial charge in [0.05, 0.1) is 16.6 Å². The molecule has 1 heterocycles. The third-order valence-corrected chi connectivity index (χ3v) is 4.69. The fourth-order valence-corrected chi connectivity index (χ4v) is 3.30. The Kier molecular flexibility index (Phi) is 5.41. The zero-order chi connectivity index (χ0) is 20.3. The van der Waals surface area contributed by atoms with Crippen molar-refractivity contribution in [3.8, 4) is 11.5 Å². The van der Waals surface area contributed by atoms with Gasteiger partial charge in [0.1, 0.15) is 6.04 Å². The molecule has 0 unspecified atom stereocenters. The first kappa shape index (κ1) is 19.1. The van der Waals surface area contributed by atoms with Gasteiger partial charge in [-0.05, 0) is 12.1 Å². The van der Waals surface area contributed by atoms with Crippen molar-refractivity contribution in [3.05, 3.63) is 48.0 Å². The number of benzene rings is 2. The summed E-state index contributed by atoms with van der Waals surface area (Å²) < 4.78 is 0.508. The molecule has 0 fully saturated rings. The van der Waals surface area contributed by atoms with E-state index >= 15 is 0 Å². The van der Waals surface area contributed by atoms with E-state index in [1.54, 1.807) is 18.2 Å². The molecule has 0 saturated heterocycles. The number of anilines is 1. The third-order valence-electron chi connectivity index (χ3n) is 3.75. The van der Waals surface area contributed by atoms with Crippen LogP contribution in [0.4, 0.5) is 5.13 Å². The molecule has 2 amide bonds. The zero-order valence-electron chi connectivity index (χ0n) is 14.2. The van der Waals surface area contributed by atoms with Gasteiger partial charge in [0.2, 0.25) is 5.91 Å². The lowest BCUT2D eigenvalue weighted by atomic mass is 10.1. The molecule has 0 aliphatic carbocycles. The largest absolute Gasteiger partial charge is 0.504 e. The molecule has 0 saturated carbocycles. The molecule has 1 aromatic heterocycles. The van der Waals surface area contributed by atoms with Gasteiger partial charge in [-0.1, -0.05) is 29.5 Å². The number of nitrogens with one attached hydrogen (secondary N) is 2. The van der Waals surface area contributed by atoms with E-state index in [0.717, 1.165) is 11.3 Å². The molecule has 10 heteroatoms. The van der Waals surface area contributed by atoms with Crippen molar-refractivity contribution >= 4 is 44.5 Å². The first-order chi connectivity index (χ1) is 13.3. The number of phenols is 2. The summed E-state index contributed by atoms with van der Waals surface area (Å²) >= 11 is 1.03. The summed E-state index contributed by atoms with van der Waals surface area (Å²) in [7, 11) is 0. The number of amides is 2. The predicted molar refractivity (Wildman–Crippen MR) is 102 cm³/mol. The van der Waals surface area contributed by atoms with Gasteiger partial charge in [-0.25, -0.2) is 4.98 Å². The Morgan fingerprint density at radius 3 is 2.43 bits per heavy atom. The molecule has 0 aliphatic heterocycles. The van der Waals surface area contributed by atoms with E-state index in [9.17, 15) is 24.6 Å². The Bertz CT molecular complexity index is 1010. The van der Waals surface area contributed by atoms with Crippen LogP contribution in [0.15, 0.2) is 42.5 Å². The van der Waals surface area contributed by atoms with Crippen LogP contribution >= 0.6 is 11.3 Å². The van der Waals surface area contributed by atoms with E-state index < -0.39 is 30.2 Å². The highest BCUT2D eigenvalue weighted by Gasteiger charge is 2.25. The molecular weight excluding hydrogens is 386 g/mol. The fraction of sp³-hybridized carbons (Fsp3) is 0.111. The van der Waals surface area contributed by atoms with Crippen LogP contribution in [0, 0.1) is 0 Å². The van der Waals surface area contributed by atoms with Gasteiger partial charge in [0, 0.05) is 17.7 Å². The summed E-state index contributed by atoms with van der Waals surface area (Å²) in [5.41, 5.74) is 0.635. The van der Waals surface area contributed by atoms with Crippen LogP contribution in [0.2, 0.25) is 0 Å². The Morgan fingerprint density at radius 1 is 1.07 bits per heavy atom. The molecule has 28 heavy (non-hydrogen) atoms. The Balaban J connectivity index is 1.77. The maximum Gasteiger partial charge on any atom is 0.305 e. The van der Waals surface area contributed by atoms with Crippen molar-refractivity contribution < 1.29 is 29.7 Å². The van der Waals surface area contributed by atoms with Crippen molar-refractivity contribution in [2.24, 2.45) is 0 Å². The molecule has 0 aliphatic rings. The molecule has 9 nitrogen and oxygen atoms in total. The average Bonchev–Trinajstić information content (AvgIpc) is 3.02. The predicted octanol–water partition coefficient (Wildman–Crippen LogP) is 1.92. The first-order valence-electron chi connectivity index (χ1n) is 8.04. The Hall–Kier alpha value is -3.66. The van der Waals surface area contributed by atoms with E-state index in [2.05, 4.69) is 15.6 Å². The minimum Gasteiger partial charge on any atom is -0.504 e. The monoisotopic (exact) mass is 401 g/mol.